The van der Waals surface area contributed by atoms with Crippen LogP contribution < -0.4 is 16.0 Å². The largest absolute Gasteiger partial charge is 0.493 e. The van der Waals surface area contributed by atoms with Crippen molar-refractivity contribution < 1.29 is 4.74 Å². The van der Waals surface area contributed by atoms with E-state index in [1.54, 1.807) is 25.1 Å². The number of nitrogens with one attached hydrogen (secondary N) is 1. The number of aromatic nitrogens is 2. The first kappa shape index (κ1) is 16.4. The molecule has 0 aliphatic carbocycles. The molecule has 1 aromatic heterocycles. The van der Waals surface area contributed by atoms with E-state index in [0.29, 0.717) is 0 Å². The smallest absolute Gasteiger partial charge is 0.161 e. The molecule has 0 saturated carbocycles. The molecule has 0 bridgehead atoms. The predicted molar refractivity (Wildman–Crippen MR) is 89.4 cm³/mol. The lowest BCUT2D eigenvalue weighted by atomic mass is 10.2. The maximum atomic E-state index is 5.74. The first-order chi connectivity index (χ1) is 10.2. The summed E-state index contributed by atoms with van der Waals surface area (Å²) < 4.78 is 8.36. The number of benzene rings is 1. The van der Waals surface area contributed by atoms with Crippen molar-refractivity contribution in [3.63, 3.8) is 0 Å². The van der Waals surface area contributed by atoms with Crippen LogP contribution in [0.25, 0.3) is 0 Å². The molecule has 1 atom stereocenters. The zero-order valence-corrected chi connectivity index (χ0v) is 14.4. The average Bonchev–Trinajstić information content (AvgIpc) is 2.91. The summed E-state index contributed by atoms with van der Waals surface area (Å²) in [6.45, 7) is 2.82. The van der Waals surface area contributed by atoms with Crippen molar-refractivity contribution in [2.75, 3.05) is 12.9 Å². The van der Waals surface area contributed by atoms with Gasteiger partial charge in [0.05, 0.1) is 25.0 Å². The van der Waals surface area contributed by atoms with Crippen molar-refractivity contribution in [3.05, 3.63) is 40.6 Å². The van der Waals surface area contributed by atoms with E-state index in [9.17, 15) is 0 Å². The van der Waals surface area contributed by atoms with E-state index in [4.69, 9.17) is 10.6 Å². The zero-order chi connectivity index (χ0) is 15.2. The summed E-state index contributed by atoms with van der Waals surface area (Å²) >= 11 is 5.22. The molecular weight excluding hydrogens is 352 g/mol. The quantitative estimate of drug-likeness (QED) is 0.445. The molecule has 1 unspecified atom stereocenters. The van der Waals surface area contributed by atoms with E-state index < -0.39 is 0 Å². The molecule has 0 amide bonds. The van der Waals surface area contributed by atoms with Gasteiger partial charge in [-0.2, -0.15) is 5.10 Å². The van der Waals surface area contributed by atoms with Crippen LogP contribution in [0.15, 0.2) is 39.8 Å². The Morgan fingerprint density at radius 1 is 1.52 bits per heavy atom. The maximum Gasteiger partial charge on any atom is 0.161 e. The minimum atomic E-state index is -0.0358. The second kappa shape index (κ2) is 7.84. The zero-order valence-electron chi connectivity index (χ0n) is 12.0. The highest BCUT2D eigenvalue weighted by atomic mass is 79.9. The van der Waals surface area contributed by atoms with Crippen molar-refractivity contribution in [2.45, 2.75) is 24.4 Å². The highest BCUT2D eigenvalue weighted by molar-refractivity contribution is 9.10. The Hall–Kier alpha value is -1.02. The first-order valence-corrected chi connectivity index (χ1v) is 8.41. The summed E-state index contributed by atoms with van der Waals surface area (Å²) in [7, 11) is 1.65. The third-order valence-corrected chi connectivity index (χ3v) is 4.69. The number of nitrogens with zero attached hydrogens (tertiary/aromatic N) is 2. The van der Waals surface area contributed by atoms with E-state index in [1.165, 1.54) is 4.90 Å². The number of ether oxygens (including phenoxy) is 1. The lowest BCUT2D eigenvalue weighted by molar-refractivity contribution is 0.397. The standard InChI is InChI=1S/C14H19BrN4OS/c1-3-19-14(13(20-2)8-17-19)12(18-16)9-21-11-6-4-5-10(15)7-11/h4-8,12,18H,3,9,16H2,1-2H3. The molecule has 2 rings (SSSR count). The Labute approximate surface area is 137 Å². The van der Waals surface area contributed by atoms with Gasteiger partial charge >= 0.3 is 0 Å². The lowest BCUT2D eigenvalue weighted by Crippen LogP contribution is -2.31. The summed E-state index contributed by atoms with van der Waals surface area (Å²) in [6.07, 6.45) is 1.73. The summed E-state index contributed by atoms with van der Waals surface area (Å²) in [5, 5.41) is 4.32. The monoisotopic (exact) mass is 370 g/mol. The molecule has 7 heteroatoms. The van der Waals surface area contributed by atoms with Crippen LogP contribution in [0.2, 0.25) is 0 Å². The summed E-state index contributed by atoms with van der Waals surface area (Å²) in [5.41, 5.74) is 3.84. The first-order valence-electron chi connectivity index (χ1n) is 6.63. The summed E-state index contributed by atoms with van der Waals surface area (Å²) in [4.78, 5) is 1.19. The second-order valence-electron chi connectivity index (χ2n) is 4.40. The van der Waals surface area contributed by atoms with Gasteiger partial charge in [-0.3, -0.25) is 16.0 Å². The van der Waals surface area contributed by atoms with E-state index in [1.807, 2.05) is 23.7 Å². The predicted octanol–water partition coefficient (Wildman–Crippen LogP) is 2.97. The molecule has 21 heavy (non-hydrogen) atoms. The number of halogens is 1. The van der Waals surface area contributed by atoms with E-state index >= 15 is 0 Å². The minimum Gasteiger partial charge on any atom is -0.493 e. The van der Waals surface area contributed by atoms with E-state index in [-0.39, 0.29) is 6.04 Å². The topological polar surface area (TPSA) is 65.1 Å². The molecule has 0 radical (unpaired) electrons. The molecule has 2 aromatic rings. The third kappa shape index (κ3) is 4.00. The molecule has 0 fully saturated rings. The average molecular weight is 371 g/mol. The highest BCUT2D eigenvalue weighted by Gasteiger charge is 2.20. The number of rotatable bonds is 7. The number of hydrazine groups is 1. The summed E-state index contributed by atoms with van der Waals surface area (Å²) in [6, 6.07) is 8.17. The normalized spacial score (nSPS) is 12.4. The molecule has 0 saturated heterocycles. The van der Waals surface area contributed by atoms with Gasteiger partial charge < -0.3 is 4.74 Å². The highest BCUT2D eigenvalue weighted by Crippen LogP contribution is 2.30. The van der Waals surface area contributed by atoms with Crippen LogP contribution in [0, 0.1) is 0 Å². The van der Waals surface area contributed by atoms with E-state index in [0.717, 1.165) is 28.2 Å². The van der Waals surface area contributed by atoms with Gasteiger partial charge in [0, 0.05) is 21.7 Å². The van der Waals surface area contributed by atoms with Crippen molar-refractivity contribution in [3.8, 4) is 5.75 Å². The van der Waals surface area contributed by atoms with Crippen LogP contribution in [-0.4, -0.2) is 22.6 Å². The number of hydrogen-bond acceptors (Lipinski definition) is 5. The van der Waals surface area contributed by atoms with Crippen molar-refractivity contribution in [2.24, 2.45) is 5.84 Å². The van der Waals surface area contributed by atoms with Gasteiger partial charge in [0.25, 0.3) is 0 Å². The Morgan fingerprint density at radius 2 is 2.33 bits per heavy atom. The van der Waals surface area contributed by atoms with E-state index in [2.05, 4.69) is 38.6 Å². The molecule has 114 valence electrons. The fourth-order valence-electron chi connectivity index (χ4n) is 2.08. The Bertz CT molecular complexity index is 569. The molecule has 5 nitrogen and oxygen atoms in total. The molecule has 0 aliphatic rings. The van der Waals surface area contributed by atoms with Gasteiger partial charge in [-0.05, 0) is 25.1 Å². The molecular formula is C14H19BrN4OS. The van der Waals surface area contributed by atoms with Crippen LogP contribution >= 0.6 is 27.7 Å². The van der Waals surface area contributed by atoms with Crippen molar-refractivity contribution in [1.29, 1.82) is 0 Å². The Kier molecular flexibility index (Phi) is 6.10. The Morgan fingerprint density at radius 3 is 2.95 bits per heavy atom. The van der Waals surface area contributed by atoms with Crippen LogP contribution in [-0.2, 0) is 6.54 Å². The Balaban J connectivity index is 2.15. The fraction of sp³-hybridized carbons (Fsp3) is 0.357. The molecule has 1 aromatic carbocycles. The number of aryl methyl sites for hydroxylation is 1. The molecule has 0 aliphatic heterocycles. The third-order valence-electron chi connectivity index (χ3n) is 3.11. The molecule has 3 N–H and O–H groups in total. The lowest BCUT2D eigenvalue weighted by Gasteiger charge is -2.18. The molecule has 0 spiro atoms. The van der Waals surface area contributed by atoms with Gasteiger partial charge in [0.2, 0.25) is 0 Å². The minimum absolute atomic E-state index is 0.0358. The van der Waals surface area contributed by atoms with Crippen LogP contribution in [0.1, 0.15) is 18.7 Å². The van der Waals surface area contributed by atoms with Crippen LogP contribution in [0.3, 0.4) is 0 Å². The van der Waals surface area contributed by atoms with Crippen LogP contribution in [0.4, 0.5) is 0 Å². The van der Waals surface area contributed by atoms with Gasteiger partial charge in [-0.15, -0.1) is 11.8 Å². The van der Waals surface area contributed by atoms with Crippen LogP contribution in [0.5, 0.6) is 5.75 Å². The number of hydrogen-bond donors (Lipinski definition) is 2. The summed E-state index contributed by atoms with van der Waals surface area (Å²) in [5.74, 6) is 7.28. The maximum absolute atomic E-state index is 5.74. The van der Waals surface area contributed by atoms with Gasteiger partial charge in [0.15, 0.2) is 5.75 Å². The fourth-order valence-corrected chi connectivity index (χ4v) is 3.63. The van der Waals surface area contributed by atoms with Gasteiger partial charge in [0.1, 0.15) is 0 Å². The van der Waals surface area contributed by atoms with Gasteiger partial charge in [-0.25, -0.2) is 0 Å². The molecule has 1 heterocycles. The SMILES string of the molecule is CCn1ncc(OC)c1C(CSc1cccc(Br)c1)NN. The van der Waals surface area contributed by atoms with Crippen molar-refractivity contribution >= 4 is 27.7 Å². The number of methoxy groups -OCH3 is 1. The van der Waals surface area contributed by atoms with Gasteiger partial charge in [-0.1, -0.05) is 22.0 Å². The number of thioether (sulfide) groups is 1. The second-order valence-corrected chi connectivity index (χ2v) is 6.41. The number of nitrogens with two attached hydrogens (primary N) is 1. The van der Waals surface area contributed by atoms with Crippen molar-refractivity contribution in [1.82, 2.24) is 15.2 Å².